The molecule has 3 aromatic carbocycles. The maximum absolute atomic E-state index is 12.3. The first kappa shape index (κ1) is 20.1. The van der Waals surface area contributed by atoms with Gasteiger partial charge >= 0.3 is 0 Å². The summed E-state index contributed by atoms with van der Waals surface area (Å²) in [6.07, 6.45) is 0.241. The molecule has 0 heterocycles. The van der Waals surface area contributed by atoms with Gasteiger partial charge in [0.15, 0.2) is 0 Å². The Morgan fingerprint density at radius 2 is 1.52 bits per heavy atom. The lowest BCUT2D eigenvalue weighted by Crippen LogP contribution is -2.27. The number of methoxy groups -OCH3 is 1. The van der Waals surface area contributed by atoms with Crippen molar-refractivity contribution in [3.63, 3.8) is 0 Å². The molecule has 6 nitrogen and oxygen atoms in total. The van der Waals surface area contributed by atoms with Gasteiger partial charge in [-0.15, -0.1) is 0 Å². The lowest BCUT2D eigenvalue weighted by molar-refractivity contribution is -0.129. The highest BCUT2D eigenvalue weighted by atomic mass is 16.5. The molecule has 0 radical (unpaired) electrons. The van der Waals surface area contributed by atoms with Crippen LogP contribution < -0.4 is 15.5 Å². The van der Waals surface area contributed by atoms with E-state index in [2.05, 4.69) is 5.32 Å². The molecule has 3 rings (SSSR count). The molecule has 2 amide bonds. The van der Waals surface area contributed by atoms with Crippen molar-refractivity contribution >= 4 is 17.5 Å². The van der Waals surface area contributed by atoms with Gasteiger partial charge in [0.2, 0.25) is 5.91 Å². The molecule has 1 unspecified atom stereocenters. The van der Waals surface area contributed by atoms with Gasteiger partial charge in [-0.1, -0.05) is 54.6 Å². The van der Waals surface area contributed by atoms with E-state index in [1.807, 2.05) is 54.6 Å². The standard InChI is InChI=1S/C23H22N2O4/c1-29-20-13-7-16(8-14-20)15-21(26)24-19-11-9-18(10-12-19)22(23(27)25-28)17-5-3-2-4-6-17/h2-14,22,28H,15H2,1H3,(H,24,26)(H,25,27). The van der Waals surface area contributed by atoms with E-state index in [1.54, 1.807) is 36.9 Å². The largest absolute Gasteiger partial charge is 0.497 e. The molecule has 29 heavy (non-hydrogen) atoms. The van der Waals surface area contributed by atoms with E-state index in [0.29, 0.717) is 11.3 Å². The number of benzene rings is 3. The van der Waals surface area contributed by atoms with Crippen LogP contribution in [0.5, 0.6) is 5.75 Å². The lowest BCUT2D eigenvalue weighted by Gasteiger charge is -2.16. The summed E-state index contributed by atoms with van der Waals surface area (Å²) in [5, 5.41) is 12.0. The van der Waals surface area contributed by atoms with E-state index < -0.39 is 11.8 Å². The Morgan fingerprint density at radius 1 is 0.897 bits per heavy atom. The van der Waals surface area contributed by atoms with Crippen molar-refractivity contribution in [2.75, 3.05) is 12.4 Å². The van der Waals surface area contributed by atoms with Crippen LogP contribution in [-0.4, -0.2) is 24.1 Å². The van der Waals surface area contributed by atoms with Gasteiger partial charge < -0.3 is 10.1 Å². The van der Waals surface area contributed by atoms with E-state index in [1.165, 1.54) is 0 Å². The molecule has 148 valence electrons. The van der Waals surface area contributed by atoms with Crippen LogP contribution in [0, 0.1) is 0 Å². The smallest absolute Gasteiger partial charge is 0.255 e. The topological polar surface area (TPSA) is 87.7 Å². The van der Waals surface area contributed by atoms with Gasteiger partial charge in [0.05, 0.1) is 19.4 Å². The Morgan fingerprint density at radius 3 is 2.10 bits per heavy atom. The molecule has 0 aliphatic carbocycles. The van der Waals surface area contributed by atoms with Gasteiger partial charge in [0, 0.05) is 5.69 Å². The van der Waals surface area contributed by atoms with Crippen LogP contribution in [0.1, 0.15) is 22.6 Å². The third-order valence-corrected chi connectivity index (χ3v) is 4.56. The van der Waals surface area contributed by atoms with Crippen molar-refractivity contribution in [1.82, 2.24) is 5.48 Å². The molecular formula is C23H22N2O4. The predicted octanol–water partition coefficient (Wildman–Crippen LogP) is 3.51. The maximum atomic E-state index is 12.3. The number of carbonyl (C=O) groups is 2. The van der Waals surface area contributed by atoms with Gasteiger partial charge in [-0.2, -0.15) is 0 Å². The highest BCUT2D eigenvalue weighted by Crippen LogP contribution is 2.26. The minimum absolute atomic E-state index is 0.143. The Labute approximate surface area is 169 Å². The average Bonchev–Trinajstić information content (AvgIpc) is 2.76. The van der Waals surface area contributed by atoms with Gasteiger partial charge in [-0.25, -0.2) is 5.48 Å². The number of rotatable bonds is 7. The minimum Gasteiger partial charge on any atom is -0.497 e. The average molecular weight is 390 g/mol. The normalized spacial score (nSPS) is 11.4. The first-order valence-electron chi connectivity index (χ1n) is 9.12. The van der Waals surface area contributed by atoms with Crippen molar-refractivity contribution in [2.24, 2.45) is 0 Å². The molecular weight excluding hydrogens is 368 g/mol. The van der Waals surface area contributed by atoms with E-state index in [0.717, 1.165) is 16.9 Å². The highest BCUT2D eigenvalue weighted by molar-refractivity contribution is 5.92. The zero-order chi connectivity index (χ0) is 20.6. The second kappa shape index (κ2) is 9.52. The fraction of sp³-hybridized carbons (Fsp3) is 0.130. The SMILES string of the molecule is COc1ccc(CC(=O)Nc2ccc(C(C(=O)NO)c3ccccc3)cc2)cc1. The summed E-state index contributed by atoms with van der Waals surface area (Å²) < 4.78 is 5.11. The number of hydroxylamine groups is 1. The molecule has 6 heteroatoms. The summed E-state index contributed by atoms with van der Waals surface area (Å²) in [5.74, 6) is -0.571. The molecule has 0 bridgehead atoms. The number of hydrogen-bond donors (Lipinski definition) is 3. The van der Waals surface area contributed by atoms with Crippen LogP contribution in [0.3, 0.4) is 0 Å². The molecule has 0 aliphatic heterocycles. The molecule has 0 saturated carbocycles. The Hall–Kier alpha value is -3.64. The first-order valence-corrected chi connectivity index (χ1v) is 9.12. The van der Waals surface area contributed by atoms with Crippen LogP contribution in [0.25, 0.3) is 0 Å². The van der Waals surface area contributed by atoms with Crippen molar-refractivity contribution in [2.45, 2.75) is 12.3 Å². The van der Waals surface area contributed by atoms with Crippen LogP contribution in [0.2, 0.25) is 0 Å². The lowest BCUT2D eigenvalue weighted by atomic mass is 9.90. The Kier molecular flexibility index (Phi) is 6.60. The van der Waals surface area contributed by atoms with E-state index in [9.17, 15) is 9.59 Å². The fourth-order valence-electron chi connectivity index (χ4n) is 3.10. The van der Waals surface area contributed by atoms with E-state index in [4.69, 9.17) is 9.94 Å². The first-order chi connectivity index (χ1) is 14.1. The van der Waals surface area contributed by atoms with Gasteiger partial charge in [0.25, 0.3) is 5.91 Å². The van der Waals surface area contributed by atoms with Crippen LogP contribution in [-0.2, 0) is 16.0 Å². The molecule has 0 fully saturated rings. The van der Waals surface area contributed by atoms with Gasteiger partial charge in [-0.05, 0) is 41.0 Å². The number of nitrogens with one attached hydrogen (secondary N) is 2. The molecule has 1 atom stereocenters. The summed E-state index contributed by atoms with van der Waals surface area (Å²) in [4.78, 5) is 24.5. The Balaban J connectivity index is 1.69. The molecule has 3 aromatic rings. The van der Waals surface area contributed by atoms with Gasteiger partial charge in [-0.3, -0.25) is 14.8 Å². The predicted molar refractivity (Wildman–Crippen MR) is 110 cm³/mol. The van der Waals surface area contributed by atoms with Crippen molar-refractivity contribution in [3.05, 3.63) is 95.6 Å². The number of hydrogen-bond acceptors (Lipinski definition) is 4. The molecule has 0 spiro atoms. The van der Waals surface area contributed by atoms with E-state index in [-0.39, 0.29) is 12.3 Å². The summed E-state index contributed by atoms with van der Waals surface area (Å²) >= 11 is 0. The second-order valence-corrected chi connectivity index (χ2v) is 6.51. The number of anilines is 1. The fourth-order valence-corrected chi connectivity index (χ4v) is 3.10. The molecule has 3 N–H and O–H groups in total. The van der Waals surface area contributed by atoms with Crippen molar-refractivity contribution < 1.29 is 19.5 Å². The molecule has 0 saturated heterocycles. The zero-order valence-electron chi connectivity index (χ0n) is 16.0. The monoisotopic (exact) mass is 390 g/mol. The summed E-state index contributed by atoms with van der Waals surface area (Å²) in [6, 6.07) is 23.5. The van der Waals surface area contributed by atoms with Crippen LogP contribution in [0.15, 0.2) is 78.9 Å². The highest BCUT2D eigenvalue weighted by Gasteiger charge is 2.22. The van der Waals surface area contributed by atoms with Crippen molar-refractivity contribution in [3.8, 4) is 5.75 Å². The molecule has 0 aromatic heterocycles. The zero-order valence-corrected chi connectivity index (χ0v) is 16.0. The van der Waals surface area contributed by atoms with Crippen LogP contribution in [0.4, 0.5) is 5.69 Å². The second-order valence-electron chi connectivity index (χ2n) is 6.51. The maximum Gasteiger partial charge on any atom is 0.255 e. The third kappa shape index (κ3) is 5.21. The Bertz CT molecular complexity index is 954. The van der Waals surface area contributed by atoms with Crippen molar-refractivity contribution in [1.29, 1.82) is 0 Å². The minimum atomic E-state index is -0.648. The number of ether oxygens (including phenoxy) is 1. The number of carbonyl (C=O) groups excluding carboxylic acids is 2. The molecule has 0 aliphatic rings. The van der Waals surface area contributed by atoms with Gasteiger partial charge in [0.1, 0.15) is 5.75 Å². The summed E-state index contributed by atoms with van der Waals surface area (Å²) in [5.41, 5.74) is 4.70. The summed E-state index contributed by atoms with van der Waals surface area (Å²) in [6.45, 7) is 0. The third-order valence-electron chi connectivity index (χ3n) is 4.56. The van der Waals surface area contributed by atoms with Crippen LogP contribution >= 0.6 is 0 Å². The quantitative estimate of drug-likeness (QED) is 0.426. The van der Waals surface area contributed by atoms with E-state index >= 15 is 0 Å². The summed E-state index contributed by atoms with van der Waals surface area (Å²) in [7, 11) is 1.60. The number of amides is 2.